The number of nitrogens with one attached hydrogen (secondary N) is 1. The Morgan fingerprint density at radius 2 is 2.09 bits per heavy atom. The van der Waals surface area contributed by atoms with Crippen LogP contribution in [0.25, 0.3) is 0 Å². The molecular weight excluding hydrogens is 460 g/mol. The van der Waals surface area contributed by atoms with Gasteiger partial charge in [-0.05, 0) is 24.8 Å². The van der Waals surface area contributed by atoms with Gasteiger partial charge in [-0.2, -0.15) is 13.9 Å². The molecule has 10 nitrogen and oxygen atoms in total. The maximum Gasteiger partial charge on any atom is 0.411 e. The summed E-state index contributed by atoms with van der Waals surface area (Å²) in [6.07, 6.45) is 1.72. The van der Waals surface area contributed by atoms with Crippen molar-refractivity contribution in [2.75, 3.05) is 29.4 Å². The number of fused-ring (bicyclic) bond motifs is 1. The van der Waals surface area contributed by atoms with Gasteiger partial charge in [0.05, 0.1) is 41.8 Å². The number of pyridine rings is 1. The van der Waals surface area contributed by atoms with Crippen molar-refractivity contribution in [3.05, 3.63) is 29.8 Å². The molecule has 0 fully saturated rings. The highest BCUT2D eigenvalue weighted by Gasteiger charge is 2.36. The number of rotatable bonds is 6. The number of alkyl halides is 2. The van der Waals surface area contributed by atoms with Crippen molar-refractivity contribution >= 4 is 27.5 Å². The monoisotopic (exact) mass is 487 g/mol. The molecule has 0 aliphatic carbocycles. The average molecular weight is 488 g/mol. The Balaban J connectivity index is 1.96. The Hall–Kier alpha value is -2.80. The smallest absolute Gasteiger partial charge is 0.411 e. The van der Waals surface area contributed by atoms with Crippen LogP contribution in [-0.2, 0) is 21.2 Å². The van der Waals surface area contributed by atoms with E-state index < -0.39 is 28.6 Å². The van der Waals surface area contributed by atoms with Crippen molar-refractivity contribution in [1.29, 1.82) is 0 Å². The number of sulfonamides is 1. The van der Waals surface area contributed by atoms with Gasteiger partial charge in [0.25, 0.3) is 10.0 Å². The number of aryl methyl sites for hydroxylation is 1. The third-order valence-electron chi connectivity index (χ3n) is 4.90. The zero-order valence-electron chi connectivity index (χ0n) is 18.7. The number of nitrogens with zero attached hydrogens (tertiary/aromatic N) is 4. The van der Waals surface area contributed by atoms with Gasteiger partial charge in [0.2, 0.25) is 0 Å². The first-order chi connectivity index (χ1) is 15.3. The lowest BCUT2D eigenvalue weighted by molar-refractivity contribution is 0.0561. The molecule has 1 aliphatic heterocycles. The topological polar surface area (TPSA) is 127 Å². The van der Waals surface area contributed by atoms with E-state index in [1.807, 2.05) is 20.8 Å². The minimum atomic E-state index is -4.32. The summed E-state index contributed by atoms with van der Waals surface area (Å²) in [6.45, 7) is 3.82. The van der Waals surface area contributed by atoms with Gasteiger partial charge in [-0.25, -0.2) is 17.9 Å². The predicted molar refractivity (Wildman–Crippen MR) is 116 cm³/mol. The molecule has 0 saturated heterocycles. The summed E-state index contributed by atoms with van der Waals surface area (Å²) in [7, 11) is -4.32. The summed E-state index contributed by atoms with van der Waals surface area (Å²) in [5, 5.41) is 15.8. The Kier molecular flexibility index (Phi) is 6.93. The highest BCUT2D eigenvalue weighted by molar-refractivity contribution is 7.92. The van der Waals surface area contributed by atoms with E-state index in [-0.39, 0.29) is 51.8 Å². The largest absolute Gasteiger partial charge is 0.449 e. The normalized spacial score (nSPS) is 16.6. The minimum Gasteiger partial charge on any atom is -0.449 e. The average Bonchev–Trinajstić information content (AvgIpc) is 3.14. The number of anilines is 2. The quantitative estimate of drug-likeness (QED) is 0.641. The minimum absolute atomic E-state index is 0.0871. The molecule has 0 bridgehead atoms. The number of ether oxygens (including phenoxy) is 1. The number of amides is 1. The standard InChI is InChI=1S/C20H27F2N5O5S/c1-12-17(9-26(25-12)18(21)22)33(30,31)27-8-13(10-28)5-15-16(27)6-14(7-23-15)24-19(29)32-11-20(2,3)4/h6-7,9,13,18,28H,5,8,10-11H2,1-4H3,(H,24,29). The van der Waals surface area contributed by atoms with Gasteiger partial charge >= 0.3 is 12.6 Å². The van der Waals surface area contributed by atoms with Crippen molar-refractivity contribution < 1.29 is 31.8 Å². The molecule has 1 aliphatic rings. The summed E-state index contributed by atoms with van der Waals surface area (Å²) >= 11 is 0. The summed E-state index contributed by atoms with van der Waals surface area (Å²) < 4.78 is 59.4. The zero-order valence-corrected chi connectivity index (χ0v) is 19.6. The highest BCUT2D eigenvalue weighted by Crippen LogP contribution is 2.35. The molecular formula is C20H27F2N5O5S. The molecule has 0 saturated carbocycles. The second-order valence-electron chi connectivity index (χ2n) is 9.08. The lowest BCUT2D eigenvalue weighted by atomic mass is 9.98. The molecule has 1 amide bonds. The Labute approximate surface area is 190 Å². The van der Waals surface area contributed by atoms with E-state index in [9.17, 15) is 27.1 Å². The third kappa shape index (κ3) is 5.58. The molecule has 3 heterocycles. The lowest BCUT2D eigenvalue weighted by Crippen LogP contribution is -2.41. The molecule has 2 N–H and O–H groups in total. The first-order valence-corrected chi connectivity index (χ1v) is 11.7. The first-order valence-electron chi connectivity index (χ1n) is 10.2. The zero-order chi connectivity index (χ0) is 24.6. The van der Waals surface area contributed by atoms with Crippen LogP contribution in [0.3, 0.4) is 0 Å². The summed E-state index contributed by atoms with van der Waals surface area (Å²) in [4.78, 5) is 16.0. The number of hydrogen-bond acceptors (Lipinski definition) is 7. The van der Waals surface area contributed by atoms with E-state index in [0.29, 0.717) is 12.1 Å². The molecule has 1 atom stereocenters. The third-order valence-corrected chi connectivity index (χ3v) is 6.79. The van der Waals surface area contributed by atoms with Gasteiger partial charge in [-0.15, -0.1) is 0 Å². The summed E-state index contributed by atoms with van der Waals surface area (Å²) in [5.41, 5.74) is 0.441. The highest BCUT2D eigenvalue weighted by atomic mass is 32.2. The number of aliphatic hydroxyl groups excluding tert-OH is 1. The number of halogens is 2. The van der Waals surface area contributed by atoms with E-state index in [2.05, 4.69) is 15.4 Å². The van der Waals surface area contributed by atoms with Gasteiger partial charge in [-0.3, -0.25) is 14.6 Å². The molecule has 1 unspecified atom stereocenters. The van der Waals surface area contributed by atoms with E-state index >= 15 is 0 Å². The molecule has 33 heavy (non-hydrogen) atoms. The molecule has 182 valence electrons. The number of aromatic nitrogens is 3. The van der Waals surface area contributed by atoms with Crippen LogP contribution in [0.1, 0.15) is 38.7 Å². The number of hydrogen-bond donors (Lipinski definition) is 2. The molecule has 2 aromatic heterocycles. The lowest BCUT2D eigenvalue weighted by Gasteiger charge is -2.34. The Bertz CT molecular complexity index is 1130. The van der Waals surface area contributed by atoms with Gasteiger partial charge in [0.15, 0.2) is 0 Å². The van der Waals surface area contributed by atoms with Crippen molar-refractivity contribution in [3.63, 3.8) is 0 Å². The van der Waals surface area contributed by atoms with Crippen LogP contribution in [0.2, 0.25) is 0 Å². The fourth-order valence-corrected chi connectivity index (χ4v) is 5.03. The van der Waals surface area contributed by atoms with Crippen molar-refractivity contribution in [3.8, 4) is 0 Å². The van der Waals surface area contributed by atoms with Crippen LogP contribution in [0.4, 0.5) is 25.0 Å². The number of aliphatic hydroxyl groups is 1. The molecule has 13 heteroatoms. The number of carbonyl (C=O) groups excluding carboxylic acids is 1. The second kappa shape index (κ2) is 9.21. The molecule has 0 radical (unpaired) electrons. The van der Waals surface area contributed by atoms with Crippen molar-refractivity contribution in [2.45, 2.75) is 45.6 Å². The molecule has 2 aromatic rings. The number of carbonyl (C=O) groups is 1. The van der Waals surface area contributed by atoms with Gasteiger partial charge in [0, 0.05) is 19.1 Å². The SMILES string of the molecule is Cc1nn(C(F)F)cc1S(=O)(=O)N1CC(CO)Cc2ncc(NC(=O)OCC(C)(C)C)cc21. The first kappa shape index (κ1) is 24.8. The van der Waals surface area contributed by atoms with E-state index in [0.717, 1.165) is 10.5 Å². The molecule has 3 rings (SSSR count). The van der Waals surface area contributed by atoms with Gasteiger partial charge in [-0.1, -0.05) is 20.8 Å². The fraction of sp³-hybridized carbons (Fsp3) is 0.550. The van der Waals surface area contributed by atoms with Crippen LogP contribution < -0.4 is 9.62 Å². The van der Waals surface area contributed by atoms with Crippen LogP contribution in [0, 0.1) is 18.3 Å². The van der Waals surface area contributed by atoms with Crippen LogP contribution in [0.15, 0.2) is 23.4 Å². The van der Waals surface area contributed by atoms with Gasteiger partial charge < -0.3 is 9.84 Å². The predicted octanol–water partition coefficient (Wildman–Crippen LogP) is 2.94. The molecule has 0 aromatic carbocycles. The Morgan fingerprint density at radius 1 is 1.39 bits per heavy atom. The maximum absolute atomic E-state index is 13.4. The maximum atomic E-state index is 13.4. The second-order valence-corrected chi connectivity index (χ2v) is 10.9. The Morgan fingerprint density at radius 3 is 2.67 bits per heavy atom. The fourth-order valence-electron chi connectivity index (χ4n) is 3.32. The summed E-state index contributed by atoms with van der Waals surface area (Å²) in [6, 6.07) is 1.43. The molecule has 0 spiro atoms. The van der Waals surface area contributed by atoms with E-state index in [1.54, 1.807) is 0 Å². The summed E-state index contributed by atoms with van der Waals surface area (Å²) in [5.74, 6) is -0.444. The van der Waals surface area contributed by atoms with Crippen LogP contribution >= 0.6 is 0 Å². The van der Waals surface area contributed by atoms with Crippen molar-refractivity contribution in [2.24, 2.45) is 11.3 Å². The van der Waals surface area contributed by atoms with Crippen LogP contribution in [0.5, 0.6) is 0 Å². The van der Waals surface area contributed by atoms with E-state index in [4.69, 9.17) is 4.74 Å². The van der Waals surface area contributed by atoms with E-state index in [1.165, 1.54) is 19.2 Å². The van der Waals surface area contributed by atoms with Crippen molar-refractivity contribution in [1.82, 2.24) is 14.8 Å². The van der Waals surface area contributed by atoms with Gasteiger partial charge in [0.1, 0.15) is 4.90 Å². The van der Waals surface area contributed by atoms with Crippen LogP contribution in [-0.4, -0.2) is 54.1 Å².